The summed E-state index contributed by atoms with van der Waals surface area (Å²) in [6.07, 6.45) is 0. The van der Waals surface area contributed by atoms with E-state index in [-0.39, 0.29) is 16.3 Å². The van der Waals surface area contributed by atoms with Crippen molar-refractivity contribution in [2.45, 2.75) is 9.24 Å². The van der Waals surface area contributed by atoms with Crippen LogP contribution in [-0.2, 0) is 0 Å². The fraction of sp³-hybridized carbons (Fsp3) is 0. The first-order valence-electron chi connectivity index (χ1n) is 5.94. The summed E-state index contributed by atoms with van der Waals surface area (Å²) in [6, 6.07) is 6.02. The lowest BCUT2D eigenvalue weighted by Gasteiger charge is -1.99. The highest BCUT2D eigenvalue weighted by Gasteiger charge is 2.13. The average molecular weight is 342 g/mol. The quantitative estimate of drug-likeness (QED) is 0.632. The van der Waals surface area contributed by atoms with E-state index in [9.17, 15) is 17.6 Å². The molecule has 0 N–H and O–H groups in total. The van der Waals surface area contributed by atoms with Crippen LogP contribution in [-0.4, -0.2) is 9.36 Å². The molecule has 0 spiro atoms. The zero-order valence-electron chi connectivity index (χ0n) is 10.7. The molecule has 0 aliphatic carbocycles. The fourth-order valence-electron chi connectivity index (χ4n) is 1.70. The van der Waals surface area contributed by atoms with Crippen LogP contribution < -0.4 is 0 Å². The Morgan fingerprint density at radius 3 is 2.32 bits per heavy atom. The van der Waals surface area contributed by atoms with Crippen LogP contribution >= 0.6 is 23.3 Å². The molecular formula is C14H6F4N2S2. The molecule has 112 valence electrons. The van der Waals surface area contributed by atoms with Crippen molar-refractivity contribution in [2.24, 2.45) is 0 Å². The van der Waals surface area contributed by atoms with Gasteiger partial charge in [0.2, 0.25) is 0 Å². The monoisotopic (exact) mass is 342 g/mol. The maximum atomic E-state index is 13.6. The fourth-order valence-corrected chi connectivity index (χ4v) is 3.33. The van der Waals surface area contributed by atoms with Crippen molar-refractivity contribution >= 4 is 23.3 Å². The van der Waals surface area contributed by atoms with Crippen LogP contribution in [0.3, 0.4) is 0 Å². The molecule has 0 saturated carbocycles. The minimum absolute atomic E-state index is 0.0631. The van der Waals surface area contributed by atoms with Gasteiger partial charge in [-0.1, -0.05) is 11.8 Å². The molecule has 0 fully saturated rings. The molecule has 2 aromatic carbocycles. The van der Waals surface area contributed by atoms with Gasteiger partial charge < -0.3 is 0 Å². The Labute approximate surface area is 131 Å². The number of halogens is 4. The summed E-state index contributed by atoms with van der Waals surface area (Å²) >= 11 is 1.83. The SMILES string of the molecule is Fc1cc(F)cc(-c2nsc(Sc3cc(F)ccc3F)n2)c1. The highest BCUT2D eigenvalue weighted by molar-refractivity contribution is 8.01. The van der Waals surface area contributed by atoms with Gasteiger partial charge in [0.15, 0.2) is 10.2 Å². The third-order valence-corrected chi connectivity index (χ3v) is 4.40. The van der Waals surface area contributed by atoms with Gasteiger partial charge in [0, 0.05) is 11.6 Å². The predicted octanol–water partition coefficient (Wildman–Crippen LogP) is 4.91. The second-order valence-electron chi connectivity index (χ2n) is 4.22. The largest absolute Gasteiger partial charge is 0.208 e. The molecule has 0 bridgehead atoms. The Morgan fingerprint density at radius 2 is 1.59 bits per heavy atom. The van der Waals surface area contributed by atoms with Gasteiger partial charge >= 0.3 is 0 Å². The summed E-state index contributed by atoms with van der Waals surface area (Å²) in [4.78, 5) is 4.14. The number of benzene rings is 2. The van der Waals surface area contributed by atoms with E-state index in [2.05, 4.69) is 9.36 Å². The summed E-state index contributed by atoms with van der Waals surface area (Å²) in [6.45, 7) is 0. The second-order valence-corrected chi connectivity index (χ2v) is 6.26. The van der Waals surface area contributed by atoms with Crippen molar-refractivity contribution in [1.82, 2.24) is 9.36 Å². The molecule has 0 aliphatic rings. The number of nitrogens with zero attached hydrogens (tertiary/aromatic N) is 2. The van der Waals surface area contributed by atoms with Gasteiger partial charge in [-0.05, 0) is 41.9 Å². The Bertz CT molecular complexity index is 815. The zero-order chi connectivity index (χ0) is 15.7. The van der Waals surface area contributed by atoms with E-state index in [4.69, 9.17) is 0 Å². The Balaban J connectivity index is 1.89. The van der Waals surface area contributed by atoms with Gasteiger partial charge in [-0.15, -0.1) is 0 Å². The van der Waals surface area contributed by atoms with E-state index >= 15 is 0 Å². The van der Waals surface area contributed by atoms with Crippen molar-refractivity contribution in [2.75, 3.05) is 0 Å². The van der Waals surface area contributed by atoms with E-state index in [1.54, 1.807) is 0 Å². The summed E-state index contributed by atoms with van der Waals surface area (Å²) in [7, 11) is 0. The van der Waals surface area contributed by atoms with Crippen LogP contribution in [0, 0.1) is 23.3 Å². The summed E-state index contributed by atoms with van der Waals surface area (Å²) in [5.74, 6) is -2.51. The number of hydrogen-bond acceptors (Lipinski definition) is 4. The highest BCUT2D eigenvalue weighted by atomic mass is 32.2. The van der Waals surface area contributed by atoms with E-state index in [0.29, 0.717) is 4.34 Å². The zero-order valence-corrected chi connectivity index (χ0v) is 12.3. The Morgan fingerprint density at radius 1 is 0.864 bits per heavy atom. The molecule has 3 rings (SSSR count). The highest BCUT2D eigenvalue weighted by Crippen LogP contribution is 2.33. The van der Waals surface area contributed by atoms with E-state index in [1.807, 2.05) is 0 Å². The minimum atomic E-state index is -0.741. The van der Waals surface area contributed by atoms with Crippen molar-refractivity contribution in [3.63, 3.8) is 0 Å². The number of rotatable bonds is 3. The summed E-state index contributed by atoms with van der Waals surface area (Å²) < 4.78 is 57.3. The average Bonchev–Trinajstić information content (AvgIpc) is 2.90. The Hall–Kier alpha value is -1.93. The van der Waals surface area contributed by atoms with E-state index in [1.165, 1.54) is 0 Å². The van der Waals surface area contributed by atoms with E-state index < -0.39 is 23.3 Å². The molecule has 0 radical (unpaired) electrons. The lowest BCUT2D eigenvalue weighted by atomic mass is 10.2. The molecule has 0 amide bonds. The molecule has 0 unspecified atom stereocenters. The van der Waals surface area contributed by atoms with Gasteiger partial charge in [-0.2, -0.15) is 4.37 Å². The normalized spacial score (nSPS) is 10.9. The topological polar surface area (TPSA) is 25.8 Å². The van der Waals surface area contributed by atoms with Gasteiger partial charge in [0.05, 0.1) is 4.90 Å². The molecule has 1 heterocycles. The van der Waals surface area contributed by atoms with Gasteiger partial charge in [-0.3, -0.25) is 0 Å². The standard InChI is InChI=1S/C14H6F4N2S2/c15-8-1-2-11(18)12(6-8)21-14-19-13(20-22-14)7-3-9(16)5-10(17)4-7/h1-6H. The molecule has 0 saturated heterocycles. The number of aromatic nitrogens is 2. The number of hydrogen-bond donors (Lipinski definition) is 0. The molecule has 0 atom stereocenters. The molecule has 3 aromatic rings. The minimum Gasteiger partial charge on any atom is -0.208 e. The van der Waals surface area contributed by atoms with Crippen LogP contribution in [0.5, 0.6) is 0 Å². The smallest absolute Gasteiger partial charge is 0.175 e. The molecule has 1 aromatic heterocycles. The van der Waals surface area contributed by atoms with Crippen LogP contribution in [0.15, 0.2) is 45.6 Å². The maximum absolute atomic E-state index is 13.6. The van der Waals surface area contributed by atoms with Crippen molar-refractivity contribution in [3.05, 3.63) is 59.7 Å². The summed E-state index contributed by atoms with van der Waals surface area (Å²) in [5.41, 5.74) is 0.181. The second kappa shape index (κ2) is 6.05. The molecule has 0 aliphatic heterocycles. The van der Waals surface area contributed by atoms with Gasteiger partial charge in [0.25, 0.3) is 0 Å². The summed E-state index contributed by atoms with van der Waals surface area (Å²) in [5, 5.41) is 0. The third kappa shape index (κ3) is 3.28. The molecule has 22 heavy (non-hydrogen) atoms. The lowest BCUT2D eigenvalue weighted by Crippen LogP contribution is -1.86. The Kier molecular flexibility index (Phi) is 4.12. The van der Waals surface area contributed by atoms with E-state index in [0.717, 1.165) is 59.7 Å². The van der Waals surface area contributed by atoms with Crippen molar-refractivity contribution < 1.29 is 17.6 Å². The van der Waals surface area contributed by atoms with Crippen molar-refractivity contribution in [1.29, 1.82) is 0 Å². The molecule has 8 heteroatoms. The maximum Gasteiger partial charge on any atom is 0.175 e. The first-order chi connectivity index (χ1) is 10.5. The van der Waals surface area contributed by atoms with Gasteiger partial charge in [-0.25, -0.2) is 22.5 Å². The first-order valence-corrected chi connectivity index (χ1v) is 7.53. The van der Waals surface area contributed by atoms with Gasteiger partial charge in [0.1, 0.15) is 23.3 Å². The van der Waals surface area contributed by atoms with Crippen LogP contribution in [0.25, 0.3) is 11.4 Å². The van der Waals surface area contributed by atoms with Crippen LogP contribution in [0.2, 0.25) is 0 Å². The molecule has 2 nitrogen and oxygen atoms in total. The van der Waals surface area contributed by atoms with Crippen molar-refractivity contribution in [3.8, 4) is 11.4 Å². The van der Waals surface area contributed by atoms with Crippen LogP contribution in [0.1, 0.15) is 0 Å². The first kappa shape index (κ1) is 15.0. The molecular weight excluding hydrogens is 336 g/mol. The lowest BCUT2D eigenvalue weighted by molar-refractivity contribution is 0.577. The third-order valence-electron chi connectivity index (χ3n) is 2.62. The van der Waals surface area contributed by atoms with Crippen LogP contribution in [0.4, 0.5) is 17.6 Å². The predicted molar refractivity (Wildman–Crippen MR) is 75.7 cm³/mol.